The van der Waals surface area contributed by atoms with Crippen LogP contribution in [0.4, 0.5) is 0 Å². The molecule has 7 aromatic rings. The molecule has 4 nitrogen and oxygen atoms in total. The molecule has 2 heterocycles. The van der Waals surface area contributed by atoms with Crippen molar-refractivity contribution in [2.24, 2.45) is 0 Å². The highest BCUT2D eigenvalue weighted by Crippen LogP contribution is 2.45. The maximum Gasteiger partial charge on any atom is 0.149 e. The first-order valence-corrected chi connectivity index (χ1v) is 17.8. The van der Waals surface area contributed by atoms with Gasteiger partial charge >= 0.3 is 0 Å². The molecular weight excluding hydrogens is 623 g/mol. The number of phenols is 1. The van der Waals surface area contributed by atoms with Crippen LogP contribution in [0.3, 0.4) is 0 Å². The van der Waals surface area contributed by atoms with Gasteiger partial charge in [-0.2, -0.15) is 0 Å². The fraction of sp³-hybridized carbons (Fsp3) is 0.234. The summed E-state index contributed by atoms with van der Waals surface area (Å²) in [6, 6.07) is 38.0. The third-order valence-corrected chi connectivity index (χ3v) is 9.90. The van der Waals surface area contributed by atoms with Crippen LogP contribution in [-0.2, 0) is 10.8 Å². The van der Waals surface area contributed by atoms with Gasteiger partial charge in [0.2, 0.25) is 0 Å². The van der Waals surface area contributed by atoms with Crippen molar-refractivity contribution in [3.63, 3.8) is 0 Å². The number of aromatic nitrogens is 3. The van der Waals surface area contributed by atoms with Crippen molar-refractivity contribution in [1.82, 2.24) is 14.5 Å². The molecule has 0 radical (unpaired) electrons. The highest BCUT2D eigenvalue weighted by Gasteiger charge is 2.29. The third kappa shape index (κ3) is 6.25. The third-order valence-electron chi connectivity index (χ3n) is 9.90. The molecule has 0 amide bonds. The molecule has 0 aliphatic carbocycles. The Bertz CT molecular complexity index is 2400. The molecule has 0 unspecified atom stereocenters. The second-order valence-corrected chi connectivity index (χ2v) is 15.9. The standard InChI is InChI=1S/C47H47N3O/c1-29-24-30(2)44(31(3)25-29)50-41-20-15-19-34(43(41)49-45(50)35-18-13-14-21-42(35)51)36-27-37(39(47(7,8)9)28-38(36)46(4,5)6)40-26-33(22-23-48-40)32-16-11-10-12-17-32/h10-28,51H,1-9H3. The summed E-state index contributed by atoms with van der Waals surface area (Å²) in [7, 11) is 0. The molecule has 0 spiro atoms. The fourth-order valence-corrected chi connectivity index (χ4v) is 7.57. The van der Waals surface area contributed by atoms with Crippen LogP contribution in [0.1, 0.15) is 69.4 Å². The molecule has 0 fully saturated rings. The Morgan fingerprint density at radius 2 is 1.20 bits per heavy atom. The second-order valence-electron chi connectivity index (χ2n) is 15.9. The fourth-order valence-electron chi connectivity index (χ4n) is 7.57. The summed E-state index contributed by atoms with van der Waals surface area (Å²) in [5, 5.41) is 11.2. The monoisotopic (exact) mass is 669 g/mol. The van der Waals surface area contributed by atoms with Crippen molar-refractivity contribution in [3.05, 3.63) is 143 Å². The van der Waals surface area contributed by atoms with Crippen LogP contribution in [0, 0.1) is 20.8 Å². The summed E-state index contributed by atoms with van der Waals surface area (Å²) < 4.78 is 2.24. The molecule has 51 heavy (non-hydrogen) atoms. The zero-order valence-electron chi connectivity index (χ0n) is 31.3. The largest absolute Gasteiger partial charge is 0.507 e. The van der Waals surface area contributed by atoms with Crippen LogP contribution in [0.15, 0.2) is 115 Å². The molecule has 7 rings (SSSR count). The number of para-hydroxylation sites is 2. The maximum absolute atomic E-state index is 11.2. The molecule has 0 aliphatic heterocycles. The lowest BCUT2D eigenvalue weighted by Gasteiger charge is -2.30. The molecule has 2 aromatic heterocycles. The minimum Gasteiger partial charge on any atom is -0.507 e. The molecule has 0 atom stereocenters. The van der Waals surface area contributed by atoms with E-state index in [1.54, 1.807) is 6.07 Å². The molecule has 1 N–H and O–H groups in total. The molecule has 4 heteroatoms. The maximum atomic E-state index is 11.2. The van der Waals surface area contributed by atoms with E-state index in [-0.39, 0.29) is 16.6 Å². The Labute approximate surface area is 302 Å². The van der Waals surface area contributed by atoms with Gasteiger partial charge in [0, 0.05) is 17.3 Å². The summed E-state index contributed by atoms with van der Waals surface area (Å²) in [4.78, 5) is 10.4. The van der Waals surface area contributed by atoms with Crippen LogP contribution in [0.2, 0.25) is 0 Å². The van der Waals surface area contributed by atoms with Gasteiger partial charge < -0.3 is 5.11 Å². The van der Waals surface area contributed by atoms with E-state index in [1.165, 1.54) is 22.3 Å². The molecular formula is C47H47N3O. The molecule has 0 saturated carbocycles. The first-order chi connectivity index (χ1) is 24.2. The number of hydrogen-bond acceptors (Lipinski definition) is 3. The van der Waals surface area contributed by atoms with Crippen molar-refractivity contribution >= 4 is 11.0 Å². The topological polar surface area (TPSA) is 50.9 Å². The number of aryl methyl sites for hydroxylation is 3. The van der Waals surface area contributed by atoms with E-state index >= 15 is 0 Å². The average Bonchev–Trinajstić information content (AvgIpc) is 3.46. The van der Waals surface area contributed by atoms with Crippen LogP contribution < -0.4 is 0 Å². The van der Waals surface area contributed by atoms with Crippen molar-refractivity contribution in [3.8, 4) is 56.3 Å². The number of imidazole rings is 1. The number of hydrogen-bond donors (Lipinski definition) is 1. The van der Waals surface area contributed by atoms with Gasteiger partial charge in [-0.05, 0) is 107 Å². The van der Waals surface area contributed by atoms with Gasteiger partial charge in [0.25, 0.3) is 0 Å². The van der Waals surface area contributed by atoms with Gasteiger partial charge in [-0.3, -0.25) is 9.55 Å². The van der Waals surface area contributed by atoms with Crippen LogP contribution in [-0.4, -0.2) is 19.6 Å². The zero-order chi connectivity index (χ0) is 36.2. The Hall–Kier alpha value is -5.48. The SMILES string of the molecule is Cc1cc(C)c(-n2c(-c3ccccc3O)nc3c(-c4cc(-c5cc(-c6ccccc6)ccn5)c(C(C)(C)C)cc4C(C)(C)C)cccc32)c(C)c1. The second kappa shape index (κ2) is 12.7. The smallest absolute Gasteiger partial charge is 0.149 e. The Morgan fingerprint density at radius 1 is 0.569 bits per heavy atom. The Morgan fingerprint density at radius 3 is 1.86 bits per heavy atom. The number of benzene rings is 5. The summed E-state index contributed by atoms with van der Waals surface area (Å²) in [6.45, 7) is 20.2. The predicted molar refractivity (Wildman–Crippen MR) is 214 cm³/mol. The molecule has 0 saturated heterocycles. The molecule has 0 aliphatic rings. The number of phenolic OH excluding ortho intramolecular Hbond substituents is 1. The molecule has 256 valence electrons. The van der Waals surface area contributed by atoms with Crippen molar-refractivity contribution < 1.29 is 5.11 Å². The van der Waals surface area contributed by atoms with Crippen molar-refractivity contribution in [1.29, 1.82) is 0 Å². The molecule has 0 bridgehead atoms. The van der Waals surface area contributed by atoms with Crippen LogP contribution in [0.25, 0.3) is 61.6 Å². The average molecular weight is 670 g/mol. The van der Waals surface area contributed by atoms with E-state index in [0.29, 0.717) is 11.4 Å². The van der Waals surface area contributed by atoms with Crippen LogP contribution >= 0.6 is 0 Å². The first kappa shape index (κ1) is 34.0. The zero-order valence-corrected chi connectivity index (χ0v) is 31.3. The lowest BCUT2D eigenvalue weighted by molar-refractivity contribution is 0.477. The van der Waals surface area contributed by atoms with Gasteiger partial charge in [0.1, 0.15) is 11.6 Å². The Balaban J connectivity index is 1.57. The lowest BCUT2D eigenvalue weighted by atomic mass is 9.74. The number of nitrogens with zero attached hydrogens (tertiary/aromatic N) is 3. The van der Waals surface area contributed by atoms with Crippen LogP contribution in [0.5, 0.6) is 5.75 Å². The van der Waals surface area contributed by atoms with Gasteiger partial charge in [-0.1, -0.05) is 120 Å². The molecule has 5 aromatic carbocycles. The van der Waals surface area contributed by atoms with E-state index < -0.39 is 0 Å². The summed E-state index contributed by atoms with van der Waals surface area (Å²) in [6.07, 6.45) is 1.93. The normalized spacial score (nSPS) is 12.1. The highest BCUT2D eigenvalue weighted by molar-refractivity contribution is 5.98. The number of aromatic hydroxyl groups is 1. The summed E-state index contributed by atoms with van der Waals surface area (Å²) in [5.41, 5.74) is 16.0. The van der Waals surface area contributed by atoms with Gasteiger partial charge in [-0.25, -0.2) is 4.98 Å². The van der Waals surface area contributed by atoms with E-state index in [1.807, 2.05) is 24.4 Å². The number of rotatable bonds is 5. The summed E-state index contributed by atoms with van der Waals surface area (Å²) >= 11 is 0. The minimum absolute atomic E-state index is 0.135. The number of fused-ring (bicyclic) bond motifs is 1. The minimum atomic E-state index is -0.164. The number of pyridine rings is 1. The van der Waals surface area contributed by atoms with Gasteiger partial charge in [-0.15, -0.1) is 0 Å². The van der Waals surface area contributed by atoms with Crippen molar-refractivity contribution in [2.45, 2.75) is 73.1 Å². The highest BCUT2D eigenvalue weighted by atomic mass is 16.3. The van der Waals surface area contributed by atoms with Gasteiger partial charge in [0.15, 0.2) is 0 Å². The van der Waals surface area contributed by atoms with Gasteiger partial charge in [0.05, 0.1) is 28.0 Å². The van der Waals surface area contributed by atoms with E-state index in [0.717, 1.165) is 55.8 Å². The first-order valence-electron chi connectivity index (χ1n) is 17.8. The van der Waals surface area contributed by atoms with E-state index in [9.17, 15) is 5.11 Å². The van der Waals surface area contributed by atoms with Crippen molar-refractivity contribution in [2.75, 3.05) is 0 Å². The predicted octanol–water partition coefficient (Wildman–Crippen LogP) is 12.3. The Kier molecular flexibility index (Phi) is 8.46. The van der Waals surface area contributed by atoms with E-state index in [4.69, 9.17) is 9.97 Å². The van der Waals surface area contributed by atoms with E-state index in [2.05, 4.69) is 152 Å². The lowest BCUT2D eigenvalue weighted by Crippen LogP contribution is -2.19. The summed E-state index contributed by atoms with van der Waals surface area (Å²) in [5.74, 6) is 0.918. The quantitative estimate of drug-likeness (QED) is 0.198.